The highest BCUT2D eigenvalue weighted by Crippen LogP contribution is 2.23. The molecule has 0 heterocycles. The zero-order valence-corrected chi connectivity index (χ0v) is 14.4. The van der Waals surface area contributed by atoms with Crippen molar-refractivity contribution in [3.8, 4) is 0 Å². The molecule has 0 saturated carbocycles. The molecule has 1 N–H and O–H groups in total. The maximum absolute atomic E-state index is 12.2. The number of benzene rings is 2. The van der Waals surface area contributed by atoms with E-state index in [0.717, 1.165) is 16.1 Å². The number of hydrogen-bond acceptors (Lipinski definition) is 3. The van der Waals surface area contributed by atoms with Gasteiger partial charge < -0.3 is 5.32 Å². The van der Waals surface area contributed by atoms with E-state index in [-0.39, 0.29) is 6.54 Å². The SMILES string of the molecule is Cc1c(Cl)cccc1NC(=O)CN(c1ccccc1)S(C)(=O)=O. The van der Waals surface area contributed by atoms with E-state index in [9.17, 15) is 13.2 Å². The number of halogens is 1. The van der Waals surface area contributed by atoms with Gasteiger partial charge in [-0.05, 0) is 36.8 Å². The Morgan fingerprint density at radius 2 is 1.78 bits per heavy atom. The summed E-state index contributed by atoms with van der Waals surface area (Å²) >= 11 is 6.01. The number of para-hydroxylation sites is 1. The molecule has 0 radical (unpaired) electrons. The van der Waals surface area contributed by atoms with Crippen molar-refractivity contribution in [2.45, 2.75) is 6.92 Å². The normalized spacial score (nSPS) is 11.1. The summed E-state index contributed by atoms with van der Waals surface area (Å²) in [6, 6.07) is 13.6. The van der Waals surface area contributed by atoms with Crippen LogP contribution in [0.25, 0.3) is 0 Å². The van der Waals surface area contributed by atoms with E-state index in [0.29, 0.717) is 16.4 Å². The Bertz CT molecular complexity index is 807. The summed E-state index contributed by atoms with van der Waals surface area (Å²) in [5.74, 6) is -0.440. The molecule has 0 aliphatic rings. The lowest BCUT2D eigenvalue weighted by molar-refractivity contribution is -0.114. The van der Waals surface area contributed by atoms with Crippen LogP contribution < -0.4 is 9.62 Å². The minimum Gasteiger partial charge on any atom is -0.324 e. The predicted molar refractivity (Wildman–Crippen MR) is 93.5 cm³/mol. The van der Waals surface area contributed by atoms with Crippen molar-refractivity contribution < 1.29 is 13.2 Å². The van der Waals surface area contributed by atoms with E-state index in [1.807, 2.05) is 0 Å². The number of amides is 1. The summed E-state index contributed by atoms with van der Waals surface area (Å²) in [6.45, 7) is 1.47. The predicted octanol–water partition coefficient (Wildman–Crippen LogP) is 3.05. The summed E-state index contributed by atoms with van der Waals surface area (Å²) in [4.78, 5) is 12.2. The Labute approximate surface area is 140 Å². The van der Waals surface area contributed by atoms with Gasteiger partial charge in [-0.1, -0.05) is 35.9 Å². The average molecular weight is 353 g/mol. The Morgan fingerprint density at radius 3 is 2.39 bits per heavy atom. The molecular formula is C16H17ClN2O3S. The minimum absolute atomic E-state index is 0.311. The standard InChI is InChI=1S/C16H17ClN2O3S/c1-12-14(17)9-6-10-15(12)18-16(20)11-19(23(2,21)22)13-7-4-3-5-8-13/h3-10H,11H2,1-2H3,(H,18,20). The molecule has 0 saturated heterocycles. The zero-order chi connectivity index (χ0) is 17.0. The van der Waals surface area contributed by atoms with Gasteiger partial charge in [0.15, 0.2) is 0 Å². The van der Waals surface area contributed by atoms with E-state index in [1.165, 1.54) is 0 Å². The second-order valence-electron chi connectivity index (χ2n) is 5.07. The van der Waals surface area contributed by atoms with Crippen molar-refractivity contribution in [1.82, 2.24) is 0 Å². The van der Waals surface area contributed by atoms with Gasteiger partial charge in [-0.3, -0.25) is 9.10 Å². The maximum atomic E-state index is 12.2. The molecule has 0 fully saturated rings. The van der Waals surface area contributed by atoms with Crippen molar-refractivity contribution in [2.75, 3.05) is 22.4 Å². The second-order valence-corrected chi connectivity index (χ2v) is 7.38. The van der Waals surface area contributed by atoms with Gasteiger partial charge in [0.2, 0.25) is 15.9 Å². The molecule has 0 aliphatic heterocycles. The first-order valence-electron chi connectivity index (χ1n) is 6.87. The molecule has 0 bridgehead atoms. The van der Waals surface area contributed by atoms with Gasteiger partial charge in [0.1, 0.15) is 6.54 Å². The molecule has 0 spiro atoms. The third kappa shape index (κ3) is 4.46. The Balaban J connectivity index is 2.21. The minimum atomic E-state index is -3.58. The topological polar surface area (TPSA) is 66.5 Å². The Kier molecular flexibility index (Phi) is 5.28. The lowest BCUT2D eigenvalue weighted by Gasteiger charge is -2.22. The molecule has 0 unspecified atom stereocenters. The molecule has 122 valence electrons. The first kappa shape index (κ1) is 17.3. The number of rotatable bonds is 5. The Morgan fingerprint density at radius 1 is 1.13 bits per heavy atom. The molecule has 1 amide bonds. The molecule has 23 heavy (non-hydrogen) atoms. The highest BCUT2D eigenvalue weighted by molar-refractivity contribution is 7.92. The number of carbonyl (C=O) groups is 1. The van der Waals surface area contributed by atoms with Crippen LogP contribution in [0.5, 0.6) is 0 Å². The van der Waals surface area contributed by atoms with Crippen molar-refractivity contribution in [3.63, 3.8) is 0 Å². The number of anilines is 2. The molecule has 0 aromatic heterocycles. The number of carbonyl (C=O) groups excluding carboxylic acids is 1. The number of sulfonamides is 1. The Hall–Kier alpha value is -2.05. The number of hydrogen-bond donors (Lipinski definition) is 1. The van der Waals surface area contributed by atoms with Crippen LogP contribution in [-0.2, 0) is 14.8 Å². The second kappa shape index (κ2) is 7.02. The molecule has 5 nitrogen and oxygen atoms in total. The van der Waals surface area contributed by atoms with Gasteiger partial charge in [0.25, 0.3) is 0 Å². The number of nitrogens with one attached hydrogen (secondary N) is 1. The van der Waals surface area contributed by atoms with Gasteiger partial charge >= 0.3 is 0 Å². The van der Waals surface area contributed by atoms with Crippen molar-refractivity contribution in [1.29, 1.82) is 0 Å². The van der Waals surface area contributed by atoms with E-state index >= 15 is 0 Å². The zero-order valence-electron chi connectivity index (χ0n) is 12.8. The van der Waals surface area contributed by atoms with E-state index in [4.69, 9.17) is 11.6 Å². The smallest absolute Gasteiger partial charge is 0.245 e. The van der Waals surface area contributed by atoms with Gasteiger partial charge in [-0.2, -0.15) is 0 Å². The van der Waals surface area contributed by atoms with Crippen molar-refractivity contribution in [2.24, 2.45) is 0 Å². The highest BCUT2D eigenvalue weighted by Gasteiger charge is 2.21. The monoisotopic (exact) mass is 352 g/mol. The lowest BCUT2D eigenvalue weighted by Crippen LogP contribution is -2.37. The fourth-order valence-electron chi connectivity index (χ4n) is 2.06. The largest absolute Gasteiger partial charge is 0.324 e. The summed E-state index contributed by atoms with van der Waals surface area (Å²) in [5, 5.41) is 3.23. The van der Waals surface area contributed by atoms with Crippen LogP contribution >= 0.6 is 11.6 Å². The molecule has 2 aromatic carbocycles. The molecule has 2 aromatic rings. The fourth-order valence-corrected chi connectivity index (χ4v) is 3.09. The molecule has 7 heteroatoms. The van der Waals surface area contributed by atoms with Gasteiger partial charge in [0.05, 0.1) is 11.9 Å². The average Bonchev–Trinajstić information content (AvgIpc) is 2.49. The first-order valence-corrected chi connectivity index (χ1v) is 9.09. The van der Waals surface area contributed by atoms with Crippen LogP contribution in [0.4, 0.5) is 11.4 Å². The van der Waals surface area contributed by atoms with Gasteiger partial charge in [-0.15, -0.1) is 0 Å². The fraction of sp³-hybridized carbons (Fsp3) is 0.188. The van der Waals surface area contributed by atoms with Crippen LogP contribution in [0.15, 0.2) is 48.5 Å². The van der Waals surface area contributed by atoms with Gasteiger partial charge in [-0.25, -0.2) is 8.42 Å². The van der Waals surface area contributed by atoms with Crippen LogP contribution in [0.2, 0.25) is 5.02 Å². The van der Waals surface area contributed by atoms with E-state index in [2.05, 4.69) is 5.32 Å². The third-order valence-electron chi connectivity index (χ3n) is 3.27. The maximum Gasteiger partial charge on any atom is 0.245 e. The first-order chi connectivity index (χ1) is 10.8. The molecule has 2 rings (SSSR count). The van der Waals surface area contributed by atoms with E-state index < -0.39 is 15.9 Å². The van der Waals surface area contributed by atoms with Crippen LogP contribution in [0, 0.1) is 6.92 Å². The van der Waals surface area contributed by atoms with E-state index in [1.54, 1.807) is 55.5 Å². The van der Waals surface area contributed by atoms with Crippen LogP contribution in [0.3, 0.4) is 0 Å². The lowest BCUT2D eigenvalue weighted by atomic mass is 10.2. The summed E-state index contributed by atoms with van der Waals surface area (Å²) in [7, 11) is -3.58. The van der Waals surface area contributed by atoms with Crippen LogP contribution in [0.1, 0.15) is 5.56 Å². The summed E-state index contributed by atoms with van der Waals surface area (Å²) in [6.07, 6.45) is 1.07. The summed E-state index contributed by atoms with van der Waals surface area (Å²) in [5.41, 5.74) is 1.73. The molecule has 0 aliphatic carbocycles. The molecular weight excluding hydrogens is 336 g/mol. The summed E-state index contributed by atoms with van der Waals surface area (Å²) < 4.78 is 25.0. The van der Waals surface area contributed by atoms with Crippen LogP contribution in [-0.4, -0.2) is 27.1 Å². The van der Waals surface area contributed by atoms with Crippen molar-refractivity contribution >= 4 is 38.9 Å². The number of nitrogens with zero attached hydrogens (tertiary/aromatic N) is 1. The third-order valence-corrected chi connectivity index (χ3v) is 4.82. The van der Waals surface area contributed by atoms with Crippen molar-refractivity contribution in [3.05, 3.63) is 59.1 Å². The van der Waals surface area contributed by atoms with Gasteiger partial charge in [0, 0.05) is 10.7 Å². The quantitative estimate of drug-likeness (QED) is 0.899. The molecule has 0 atom stereocenters. The highest BCUT2D eigenvalue weighted by atomic mass is 35.5.